The molecule has 5 nitrogen and oxygen atoms in total. The van der Waals surface area contributed by atoms with Crippen LogP contribution in [0.4, 0.5) is 14.6 Å². The number of rotatable bonds is 7. The van der Waals surface area contributed by atoms with E-state index < -0.39 is 11.6 Å². The fourth-order valence-electron chi connectivity index (χ4n) is 3.31. The smallest absolute Gasteiger partial charge is 0.131 e. The van der Waals surface area contributed by atoms with Crippen LogP contribution >= 0.6 is 0 Å². The topological polar surface area (TPSA) is 70.2 Å². The molecule has 0 radical (unpaired) electrons. The Morgan fingerprint density at radius 1 is 1.11 bits per heavy atom. The Labute approximate surface area is 155 Å². The molecule has 0 bridgehead atoms. The van der Waals surface area contributed by atoms with Gasteiger partial charge in [-0.15, -0.1) is 0 Å². The van der Waals surface area contributed by atoms with E-state index in [9.17, 15) is 8.78 Å². The minimum atomic E-state index is -0.582. The molecule has 3 N–H and O–H groups in total. The van der Waals surface area contributed by atoms with Crippen molar-refractivity contribution in [2.24, 2.45) is 0 Å². The van der Waals surface area contributed by atoms with Gasteiger partial charge >= 0.3 is 0 Å². The maximum absolute atomic E-state index is 13.8. The lowest BCUT2D eigenvalue weighted by Gasteiger charge is -2.11. The van der Waals surface area contributed by atoms with E-state index in [2.05, 4.69) is 15.5 Å². The second-order valence-electron chi connectivity index (χ2n) is 6.36. The van der Waals surface area contributed by atoms with E-state index in [0.29, 0.717) is 25.3 Å². The summed E-state index contributed by atoms with van der Waals surface area (Å²) in [5.74, 6) is 0.248. The summed E-state index contributed by atoms with van der Waals surface area (Å²) in [7, 11) is 0. The first kappa shape index (κ1) is 17.5. The van der Waals surface area contributed by atoms with Crippen LogP contribution in [0.2, 0.25) is 0 Å². The Kier molecular flexibility index (Phi) is 4.77. The fraction of sp³-hybridized carbons (Fsp3) is 0.250. The molecule has 1 aliphatic rings. The molecular weight excluding hydrogens is 352 g/mol. The third-order valence-electron chi connectivity index (χ3n) is 4.67. The monoisotopic (exact) mass is 371 g/mol. The van der Waals surface area contributed by atoms with Gasteiger partial charge in [-0.25, -0.2) is 8.78 Å². The summed E-state index contributed by atoms with van der Waals surface area (Å²) < 4.78 is 33.4. The zero-order valence-corrected chi connectivity index (χ0v) is 14.6. The van der Waals surface area contributed by atoms with E-state index in [4.69, 9.17) is 9.84 Å². The highest BCUT2D eigenvalue weighted by atomic mass is 19.1. The predicted octanol–water partition coefficient (Wildman–Crippen LogP) is 3.63. The van der Waals surface area contributed by atoms with Gasteiger partial charge in [0.25, 0.3) is 0 Å². The van der Waals surface area contributed by atoms with Crippen LogP contribution in [-0.4, -0.2) is 28.5 Å². The average molecular weight is 371 g/mol. The summed E-state index contributed by atoms with van der Waals surface area (Å²) >= 11 is 0. The van der Waals surface area contributed by atoms with Crippen LogP contribution in [0.15, 0.2) is 36.4 Å². The number of aromatic amines is 1. The normalized spacial score (nSPS) is 12.0. The van der Waals surface area contributed by atoms with Crippen LogP contribution in [0, 0.1) is 11.6 Å². The number of H-pyrrole nitrogens is 1. The zero-order chi connectivity index (χ0) is 18.8. The van der Waals surface area contributed by atoms with E-state index in [0.717, 1.165) is 28.1 Å². The van der Waals surface area contributed by atoms with E-state index in [-0.39, 0.29) is 18.7 Å². The summed E-state index contributed by atoms with van der Waals surface area (Å²) in [6, 6.07) is 9.59. The van der Waals surface area contributed by atoms with Gasteiger partial charge in [-0.05, 0) is 18.2 Å². The Bertz CT molecular complexity index is 952. The van der Waals surface area contributed by atoms with Crippen molar-refractivity contribution < 1.29 is 18.6 Å². The molecule has 1 aliphatic carbocycles. The standard InChI is InChI=1S/C20H19F2N3O2/c21-16-5-2-6-17(22)15(16)11-23-20-14-10-13-12(19(14)24-25-20)4-1-7-18(13)27-9-3-8-26/h1-2,4-7,26H,3,8-11H2,(H2,23,24,25). The first-order chi connectivity index (χ1) is 13.2. The molecule has 0 fully saturated rings. The summed E-state index contributed by atoms with van der Waals surface area (Å²) in [6.45, 7) is 0.537. The van der Waals surface area contributed by atoms with Crippen molar-refractivity contribution in [2.75, 3.05) is 18.5 Å². The summed E-state index contributed by atoms with van der Waals surface area (Å²) in [4.78, 5) is 0. The zero-order valence-electron chi connectivity index (χ0n) is 14.6. The van der Waals surface area contributed by atoms with Crippen molar-refractivity contribution in [2.45, 2.75) is 19.4 Å². The third kappa shape index (κ3) is 3.26. The molecule has 0 unspecified atom stereocenters. The number of aliphatic hydroxyl groups excluding tert-OH is 1. The molecule has 0 aliphatic heterocycles. The van der Waals surface area contributed by atoms with E-state index in [1.807, 2.05) is 18.2 Å². The van der Waals surface area contributed by atoms with Crippen LogP contribution in [0.5, 0.6) is 5.75 Å². The molecule has 0 amide bonds. The molecular formula is C20H19F2N3O2. The lowest BCUT2D eigenvalue weighted by atomic mass is 10.1. The summed E-state index contributed by atoms with van der Waals surface area (Å²) in [5, 5.41) is 19.3. The number of ether oxygens (including phenoxy) is 1. The van der Waals surface area contributed by atoms with Crippen LogP contribution in [0.25, 0.3) is 11.3 Å². The Hall–Kier alpha value is -2.93. The largest absolute Gasteiger partial charge is 0.493 e. The SMILES string of the molecule is OCCCOc1cccc2c1Cc1c-2n[nH]c1NCc1c(F)cccc1F. The maximum Gasteiger partial charge on any atom is 0.131 e. The molecule has 0 spiro atoms. The van der Waals surface area contributed by atoms with Crippen molar-refractivity contribution in [1.82, 2.24) is 10.2 Å². The molecule has 7 heteroatoms. The van der Waals surface area contributed by atoms with E-state index in [1.165, 1.54) is 18.2 Å². The molecule has 1 heterocycles. The second-order valence-corrected chi connectivity index (χ2v) is 6.36. The molecule has 1 aromatic heterocycles. The first-order valence-corrected chi connectivity index (χ1v) is 8.79. The van der Waals surface area contributed by atoms with Gasteiger partial charge in [0.05, 0.1) is 12.3 Å². The van der Waals surface area contributed by atoms with Crippen molar-refractivity contribution in [3.8, 4) is 17.0 Å². The summed E-state index contributed by atoms with van der Waals surface area (Å²) in [6.07, 6.45) is 1.18. The van der Waals surface area contributed by atoms with Gasteiger partial charge in [0.15, 0.2) is 0 Å². The van der Waals surface area contributed by atoms with Gasteiger partial charge in [-0.1, -0.05) is 18.2 Å². The molecule has 3 aromatic rings. The molecule has 0 atom stereocenters. The highest BCUT2D eigenvalue weighted by Gasteiger charge is 2.27. The third-order valence-corrected chi connectivity index (χ3v) is 4.67. The number of halogens is 2. The fourth-order valence-corrected chi connectivity index (χ4v) is 3.31. The Morgan fingerprint density at radius 2 is 1.89 bits per heavy atom. The van der Waals surface area contributed by atoms with Crippen molar-refractivity contribution >= 4 is 5.82 Å². The van der Waals surface area contributed by atoms with Crippen LogP contribution < -0.4 is 10.1 Å². The minimum absolute atomic E-state index is 0.00983. The number of anilines is 1. The molecule has 4 rings (SSSR count). The van der Waals surface area contributed by atoms with Gasteiger partial charge in [0.1, 0.15) is 23.2 Å². The number of aromatic nitrogens is 2. The quantitative estimate of drug-likeness (QED) is 0.434. The van der Waals surface area contributed by atoms with Gasteiger partial charge in [0.2, 0.25) is 0 Å². The number of aliphatic hydroxyl groups is 1. The number of benzene rings is 2. The number of nitrogens with one attached hydrogen (secondary N) is 2. The van der Waals surface area contributed by atoms with Gasteiger partial charge in [-0.2, -0.15) is 5.10 Å². The van der Waals surface area contributed by atoms with Crippen LogP contribution in [0.1, 0.15) is 23.1 Å². The lowest BCUT2D eigenvalue weighted by Crippen LogP contribution is -2.06. The van der Waals surface area contributed by atoms with Crippen molar-refractivity contribution in [3.05, 3.63) is 64.7 Å². The average Bonchev–Trinajstić information content (AvgIpc) is 3.22. The first-order valence-electron chi connectivity index (χ1n) is 8.79. The lowest BCUT2D eigenvalue weighted by molar-refractivity contribution is 0.233. The number of fused-ring (bicyclic) bond motifs is 3. The minimum Gasteiger partial charge on any atom is -0.493 e. The highest BCUT2D eigenvalue weighted by molar-refractivity contribution is 5.80. The van der Waals surface area contributed by atoms with Crippen LogP contribution in [-0.2, 0) is 13.0 Å². The van der Waals surface area contributed by atoms with Gasteiger partial charge < -0.3 is 15.2 Å². The van der Waals surface area contributed by atoms with Crippen molar-refractivity contribution in [1.29, 1.82) is 0 Å². The Morgan fingerprint density at radius 3 is 2.67 bits per heavy atom. The Balaban J connectivity index is 1.54. The highest BCUT2D eigenvalue weighted by Crippen LogP contribution is 2.42. The van der Waals surface area contributed by atoms with Crippen LogP contribution in [0.3, 0.4) is 0 Å². The van der Waals surface area contributed by atoms with Gasteiger partial charge in [-0.3, -0.25) is 5.10 Å². The molecule has 140 valence electrons. The number of hydrogen-bond donors (Lipinski definition) is 3. The maximum atomic E-state index is 13.8. The molecule has 27 heavy (non-hydrogen) atoms. The number of hydrogen-bond acceptors (Lipinski definition) is 4. The number of nitrogens with zero attached hydrogens (tertiary/aromatic N) is 1. The van der Waals surface area contributed by atoms with E-state index in [1.54, 1.807) is 0 Å². The molecule has 0 saturated carbocycles. The predicted molar refractivity (Wildman–Crippen MR) is 97.7 cm³/mol. The van der Waals surface area contributed by atoms with E-state index >= 15 is 0 Å². The molecule has 2 aromatic carbocycles. The summed E-state index contributed by atoms with van der Waals surface area (Å²) in [5.41, 5.74) is 3.76. The molecule has 0 saturated heterocycles. The van der Waals surface area contributed by atoms with Gasteiger partial charge in [0, 0.05) is 48.2 Å². The second kappa shape index (κ2) is 7.36. The van der Waals surface area contributed by atoms with Crippen molar-refractivity contribution in [3.63, 3.8) is 0 Å².